The standard InChI is InChI=1S/C15H24O.C4H6O2.C2H4O/c1-2-3-4-5-6-7-8-11-14-12-9-10-13-15(14)16;1-3-4(5)6-2;1-2-3-1/h9-10,12-13,16H,2-8,11H2,1H3;3H,1H2,2H3;1-2H2. The summed E-state index contributed by atoms with van der Waals surface area (Å²) in [4.78, 5) is 9.84. The van der Waals surface area contributed by atoms with Gasteiger partial charge in [0, 0.05) is 6.08 Å². The van der Waals surface area contributed by atoms with E-state index in [9.17, 15) is 9.90 Å². The number of aromatic hydroxyl groups is 1. The highest BCUT2D eigenvalue weighted by atomic mass is 16.6. The van der Waals surface area contributed by atoms with Crippen molar-refractivity contribution in [2.75, 3.05) is 20.3 Å². The quantitative estimate of drug-likeness (QED) is 0.293. The van der Waals surface area contributed by atoms with Crippen molar-refractivity contribution < 1.29 is 19.4 Å². The van der Waals surface area contributed by atoms with Crippen LogP contribution in [0.4, 0.5) is 0 Å². The van der Waals surface area contributed by atoms with E-state index in [-0.39, 0.29) is 0 Å². The second kappa shape index (κ2) is 17.0. The van der Waals surface area contributed by atoms with Gasteiger partial charge < -0.3 is 14.6 Å². The number of rotatable bonds is 9. The van der Waals surface area contributed by atoms with Gasteiger partial charge in [-0.25, -0.2) is 4.79 Å². The summed E-state index contributed by atoms with van der Waals surface area (Å²) in [6.45, 7) is 7.41. The van der Waals surface area contributed by atoms with E-state index < -0.39 is 5.97 Å². The lowest BCUT2D eigenvalue weighted by atomic mass is 10.0. The van der Waals surface area contributed by atoms with Gasteiger partial charge in [0.1, 0.15) is 5.75 Å². The molecule has 0 spiro atoms. The number of epoxide rings is 1. The third-order valence-electron chi connectivity index (χ3n) is 3.61. The van der Waals surface area contributed by atoms with Crippen molar-refractivity contribution in [3.05, 3.63) is 42.5 Å². The number of para-hydroxylation sites is 1. The number of ether oxygens (including phenoxy) is 2. The molecule has 0 amide bonds. The maximum Gasteiger partial charge on any atom is 0.329 e. The molecule has 0 aromatic heterocycles. The Bertz CT molecular complexity index is 452. The normalized spacial score (nSPS) is 11.3. The molecule has 0 unspecified atom stereocenters. The molecule has 1 aromatic carbocycles. The number of esters is 1. The molecule has 0 aliphatic carbocycles. The Kier molecular flexibility index (Phi) is 15.8. The first-order valence-electron chi connectivity index (χ1n) is 9.20. The van der Waals surface area contributed by atoms with Gasteiger partial charge in [0.2, 0.25) is 0 Å². The fourth-order valence-electron chi connectivity index (χ4n) is 2.08. The zero-order chi connectivity index (χ0) is 18.8. The van der Waals surface area contributed by atoms with E-state index >= 15 is 0 Å². The van der Waals surface area contributed by atoms with E-state index in [2.05, 4.69) is 23.0 Å². The van der Waals surface area contributed by atoms with Crippen molar-refractivity contribution in [3.63, 3.8) is 0 Å². The molecular weight excluding hydrogens is 316 g/mol. The van der Waals surface area contributed by atoms with Crippen molar-refractivity contribution in [1.29, 1.82) is 0 Å². The fraction of sp³-hybridized carbons (Fsp3) is 0.571. The van der Waals surface area contributed by atoms with Crippen LogP contribution in [0, 0.1) is 0 Å². The molecule has 0 saturated carbocycles. The molecule has 1 fully saturated rings. The number of benzene rings is 1. The maximum atomic E-state index is 9.84. The first-order valence-corrected chi connectivity index (χ1v) is 9.20. The summed E-state index contributed by atoms with van der Waals surface area (Å²) in [6.07, 6.45) is 11.4. The minimum Gasteiger partial charge on any atom is -0.508 e. The van der Waals surface area contributed by atoms with E-state index in [1.807, 2.05) is 18.2 Å². The SMILES string of the molecule is C1CO1.C=CC(=O)OC.CCCCCCCCCc1ccccc1O. The Morgan fingerprint density at radius 2 is 1.72 bits per heavy atom. The average Bonchev–Trinajstić information content (AvgIpc) is 3.51. The topological polar surface area (TPSA) is 59.1 Å². The fourth-order valence-corrected chi connectivity index (χ4v) is 2.08. The molecule has 1 aliphatic rings. The average molecular weight is 350 g/mol. The van der Waals surface area contributed by atoms with Crippen molar-refractivity contribution in [2.24, 2.45) is 0 Å². The lowest BCUT2D eigenvalue weighted by molar-refractivity contribution is -0.134. The molecule has 2 rings (SSSR count). The second-order valence-electron chi connectivity index (χ2n) is 5.84. The smallest absolute Gasteiger partial charge is 0.329 e. The third-order valence-corrected chi connectivity index (χ3v) is 3.61. The number of phenolic OH excluding ortho intramolecular Hbond substituents is 1. The van der Waals surface area contributed by atoms with Crippen LogP contribution in [-0.2, 0) is 20.7 Å². The van der Waals surface area contributed by atoms with Gasteiger partial charge >= 0.3 is 5.97 Å². The first-order chi connectivity index (χ1) is 12.2. The van der Waals surface area contributed by atoms with E-state index in [1.54, 1.807) is 6.07 Å². The Morgan fingerprint density at radius 1 is 1.16 bits per heavy atom. The predicted octanol–water partition coefficient (Wildman–Crippen LogP) is 5.05. The summed E-state index contributed by atoms with van der Waals surface area (Å²) in [6, 6.07) is 7.67. The highest BCUT2D eigenvalue weighted by molar-refractivity contribution is 5.80. The molecule has 4 nitrogen and oxygen atoms in total. The maximum absolute atomic E-state index is 9.84. The predicted molar refractivity (Wildman–Crippen MR) is 103 cm³/mol. The summed E-state index contributed by atoms with van der Waals surface area (Å²) in [5.74, 6) is 0.0588. The minimum absolute atomic E-state index is 0.394. The molecular formula is C21H34O4. The van der Waals surface area contributed by atoms with Crippen LogP contribution >= 0.6 is 0 Å². The van der Waals surface area contributed by atoms with Crippen LogP contribution in [0.25, 0.3) is 0 Å². The second-order valence-corrected chi connectivity index (χ2v) is 5.84. The monoisotopic (exact) mass is 350 g/mol. The summed E-state index contributed by atoms with van der Waals surface area (Å²) >= 11 is 0. The van der Waals surface area contributed by atoms with Gasteiger partial charge in [0.05, 0.1) is 20.3 Å². The molecule has 1 heterocycles. The first kappa shape index (κ1) is 23.2. The lowest BCUT2D eigenvalue weighted by Crippen LogP contribution is -1.91. The van der Waals surface area contributed by atoms with E-state index in [0.717, 1.165) is 31.3 Å². The van der Waals surface area contributed by atoms with Gasteiger partial charge in [-0.15, -0.1) is 0 Å². The summed E-state index contributed by atoms with van der Waals surface area (Å²) in [7, 11) is 1.31. The minimum atomic E-state index is -0.394. The van der Waals surface area contributed by atoms with Crippen LogP contribution in [0.5, 0.6) is 5.75 Å². The van der Waals surface area contributed by atoms with Gasteiger partial charge in [-0.3, -0.25) is 0 Å². The highest BCUT2D eigenvalue weighted by Crippen LogP contribution is 2.18. The summed E-state index contributed by atoms with van der Waals surface area (Å²) < 4.78 is 8.64. The Labute approximate surface area is 152 Å². The molecule has 0 bridgehead atoms. The Morgan fingerprint density at radius 3 is 2.16 bits per heavy atom. The molecule has 25 heavy (non-hydrogen) atoms. The molecule has 1 aromatic rings. The van der Waals surface area contributed by atoms with Crippen molar-refractivity contribution in [2.45, 2.75) is 58.3 Å². The van der Waals surface area contributed by atoms with Crippen LogP contribution < -0.4 is 0 Å². The third kappa shape index (κ3) is 16.8. The summed E-state index contributed by atoms with van der Waals surface area (Å²) in [5, 5.41) is 9.58. The molecule has 0 radical (unpaired) electrons. The van der Waals surface area contributed by atoms with Gasteiger partial charge in [-0.1, -0.05) is 70.2 Å². The van der Waals surface area contributed by atoms with Crippen LogP contribution in [0.3, 0.4) is 0 Å². The van der Waals surface area contributed by atoms with E-state index in [4.69, 9.17) is 0 Å². The number of unbranched alkanes of at least 4 members (excludes halogenated alkanes) is 6. The Hall–Kier alpha value is -1.81. The van der Waals surface area contributed by atoms with Crippen LogP contribution in [0.2, 0.25) is 0 Å². The van der Waals surface area contributed by atoms with Crippen LogP contribution in [0.15, 0.2) is 36.9 Å². The lowest BCUT2D eigenvalue weighted by Gasteiger charge is -2.04. The summed E-state index contributed by atoms with van der Waals surface area (Å²) in [5.41, 5.74) is 1.09. The van der Waals surface area contributed by atoms with Crippen molar-refractivity contribution in [1.82, 2.24) is 0 Å². The zero-order valence-corrected chi connectivity index (χ0v) is 15.8. The molecule has 1 aliphatic heterocycles. The largest absolute Gasteiger partial charge is 0.508 e. The van der Waals surface area contributed by atoms with Gasteiger partial charge in [-0.2, -0.15) is 0 Å². The zero-order valence-electron chi connectivity index (χ0n) is 15.8. The number of phenols is 1. The van der Waals surface area contributed by atoms with Crippen LogP contribution in [-0.4, -0.2) is 31.4 Å². The van der Waals surface area contributed by atoms with Crippen LogP contribution in [0.1, 0.15) is 57.4 Å². The van der Waals surface area contributed by atoms with Gasteiger partial charge in [0.25, 0.3) is 0 Å². The van der Waals surface area contributed by atoms with Gasteiger partial charge in [0.15, 0.2) is 0 Å². The molecule has 1 N–H and O–H groups in total. The molecule has 0 atom stereocenters. The van der Waals surface area contributed by atoms with E-state index in [0.29, 0.717) is 5.75 Å². The number of aryl methyl sites for hydroxylation is 1. The van der Waals surface area contributed by atoms with Crippen molar-refractivity contribution in [3.8, 4) is 5.75 Å². The molecule has 142 valence electrons. The van der Waals surface area contributed by atoms with E-state index in [1.165, 1.54) is 52.1 Å². The number of methoxy groups -OCH3 is 1. The number of hydrogen-bond acceptors (Lipinski definition) is 4. The number of hydrogen-bond donors (Lipinski definition) is 1. The Balaban J connectivity index is 0.000000523. The van der Waals surface area contributed by atoms with Crippen molar-refractivity contribution >= 4 is 5.97 Å². The highest BCUT2D eigenvalue weighted by Gasteiger charge is 1.98. The number of carbonyl (C=O) groups is 1. The van der Waals surface area contributed by atoms with Gasteiger partial charge in [-0.05, 0) is 24.5 Å². The number of carbonyl (C=O) groups excluding carboxylic acids is 1. The molecule has 4 heteroatoms. The molecule has 1 saturated heterocycles.